The second kappa shape index (κ2) is 11.8. The van der Waals surface area contributed by atoms with Crippen LogP contribution in [-0.2, 0) is 0 Å². The zero-order valence-corrected chi connectivity index (χ0v) is 26.6. The van der Waals surface area contributed by atoms with E-state index >= 15 is 0 Å². The van der Waals surface area contributed by atoms with Crippen molar-refractivity contribution in [3.05, 3.63) is 186 Å². The van der Waals surface area contributed by atoms with Crippen molar-refractivity contribution in [2.24, 2.45) is 0 Å². The summed E-state index contributed by atoms with van der Waals surface area (Å²) in [5.41, 5.74) is 23.1. The number of aromatic amines is 2. The van der Waals surface area contributed by atoms with Gasteiger partial charge in [-0.25, -0.2) is 9.97 Å². The first-order chi connectivity index (χ1) is 24.2. The number of nitrogen functional groups attached to an aromatic ring is 1. The van der Waals surface area contributed by atoms with Gasteiger partial charge in [-0.1, -0.05) is 121 Å². The van der Waals surface area contributed by atoms with E-state index in [1.165, 1.54) is 0 Å². The number of nitrogens with two attached hydrogens (primary N) is 1. The fourth-order valence-electron chi connectivity index (χ4n) is 6.72. The number of fused-ring (bicyclic) bond motifs is 10. The van der Waals surface area contributed by atoms with Crippen molar-refractivity contribution in [3.8, 4) is 22.3 Å². The molecule has 49 heavy (non-hydrogen) atoms. The summed E-state index contributed by atoms with van der Waals surface area (Å²) in [6.45, 7) is 0. The summed E-state index contributed by atoms with van der Waals surface area (Å²) >= 11 is 0. The molecule has 0 atom stereocenters. The Morgan fingerprint density at radius 2 is 0.878 bits per heavy atom. The van der Waals surface area contributed by atoms with Gasteiger partial charge in [-0.3, -0.25) is 0 Å². The van der Waals surface area contributed by atoms with Crippen LogP contribution in [0.1, 0.15) is 33.9 Å². The molecule has 0 saturated carbocycles. The van der Waals surface area contributed by atoms with Crippen LogP contribution in [0.25, 0.3) is 67.6 Å². The average molecular weight is 630 g/mol. The minimum absolute atomic E-state index is 0.568. The van der Waals surface area contributed by atoms with Crippen LogP contribution in [0.15, 0.2) is 152 Å². The Hall–Kier alpha value is -6.72. The number of nitrogens with zero attached hydrogens (tertiary/aromatic N) is 2. The van der Waals surface area contributed by atoms with Gasteiger partial charge in [-0.2, -0.15) is 0 Å². The average Bonchev–Trinajstić information content (AvgIpc) is 3.96. The predicted molar refractivity (Wildman–Crippen MR) is 203 cm³/mol. The molecule has 4 aromatic carbocycles. The molecule has 0 saturated heterocycles. The first-order valence-corrected chi connectivity index (χ1v) is 16.4. The summed E-state index contributed by atoms with van der Waals surface area (Å²) in [4.78, 5) is 17.8. The van der Waals surface area contributed by atoms with Crippen LogP contribution in [0, 0.1) is 0 Å². The lowest BCUT2D eigenvalue weighted by Gasteiger charge is -2.04. The number of aromatic nitrogens is 4. The van der Waals surface area contributed by atoms with Crippen molar-refractivity contribution in [2.45, 2.75) is 0 Å². The van der Waals surface area contributed by atoms with Crippen molar-refractivity contribution in [1.82, 2.24) is 19.9 Å². The maximum absolute atomic E-state index is 7.03. The third kappa shape index (κ3) is 5.24. The third-order valence-electron chi connectivity index (χ3n) is 9.13. The molecule has 2 aliphatic rings. The third-order valence-corrected chi connectivity index (χ3v) is 9.13. The largest absolute Gasteiger partial charge is 0.397 e. The van der Waals surface area contributed by atoms with E-state index in [-0.39, 0.29) is 0 Å². The van der Waals surface area contributed by atoms with Crippen molar-refractivity contribution in [3.63, 3.8) is 0 Å². The lowest BCUT2D eigenvalue weighted by Crippen LogP contribution is -1.93. The highest BCUT2D eigenvalue weighted by molar-refractivity contribution is 6.01. The van der Waals surface area contributed by atoms with Gasteiger partial charge in [0.05, 0.1) is 39.5 Å². The smallest absolute Gasteiger partial charge is 0.0946 e. The highest BCUT2D eigenvalue weighted by Gasteiger charge is 2.19. The summed E-state index contributed by atoms with van der Waals surface area (Å²) in [5, 5.41) is 0. The molecule has 5 heteroatoms. The summed E-state index contributed by atoms with van der Waals surface area (Å²) in [6.07, 6.45) is 4.30. The van der Waals surface area contributed by atoms with E-state index in [1.54, 1.807) is 0 Å². The molecule has 0 fully saturated rings. The van der Waals surface area contributed by atoms with Crippen molar-refractivity contribution < 1.29 is 0 Å². The molecule has 5 heterocycles. The molecular formula is C44H31N5. The highest BCUT2D eigenvalue weighted by atomic mass is 14.8. The van der Waals surface area contributed by atoms with Crippen LogP contribution >= 0.6 is 0 Å². The maximum Gasteiger partial charge on any atom is 0.0946 e. The van der Waals surface area contributed by atoms with Crippen LogP contribution in [0.4, 0.5) is 5.69 Å². The molecular weight excluding hydrogens is 599 g/mol. The Bertz CT molecular complexity index is 2580. The lowest BCUT2D eigenvalue weighted by molar-refractivity contribution is 1.30. The maximum atomic E-state index is 7.03. The molecule has 232 valence electrons. The van der Waals surface area contributed by atoms with Gasteiger partial charge in [0.15, 0.2) is 0 Å². The van der Waals surface area contributed by atoms with Gasteiger partial charge in [-0.15, -0.1) is 0 Å². The van der Waals surface area contributed by atoms with E-state index in [2.05, 4.69) is 131 Å². The van der Waals surface area contributed by atoms with E-state index in [1.807, 2.05) is 42.5 Å². The number of hydrogen-bond acceptors (Lipinski definition) is 3. The number of hydrogen-bond donors (Lipinski definition) is 3. The minimum atomic E-state index is 0.568. The fourth-order valence-corrected chi connectivity index (χ4v) is 6.72. The highest BCUT2D eigenvalue weighted by Crippen LogP contribution is 2.37. The molecule has 9 rings (SSSR count). The summed E-state index contributed by atoms with van der Waals surface area (Å²) in [5.74, 6) is 0. The summed E-state index contributed by atoms with van der Waals surface area (Å²) in [7, 11) is 0. The fraction of sp³-hybridized carbons (Fsp3) is 0. The Kier molecular flexibility index (Phi) is 6.87. The lowest BCUT2D eigenvalue weighted by atomic mass is 10.0. The molecule has 0 unspecified atom stereocenters. The first-order valence-electron chi connectivity index (χ1n) is 16.4. The number of anilines is 1. The molecule has 0 spiro atoms. The van der Waals surface area contributed by atoms with E-state index in [0.29, 0.717) is 5.69 Å². The number of rotatable bonds is 4. The molecule has 8 bridgehead atoms. The van der Waals surface area contributed by atoms with Gasteiger partial charge in [0.25, 0.3) is 0 Å². The Balaban J connectivity index is 1.40. The van der Waals surface area contributed by atoms with Crippen molar-refractivity contribution >= 4 is 51.1 Å². The molecule has 7 aromatic rings. The Morgan fingerprint density at radius 3 is 1.47 bits per heavy atom. The van der Waals surface area contributed by atoms with Gasteiger partial charge in [0, 0.05) is 33.3 Å². The molecule has 0 amide bonds. The van der Waals surface area contributed by atoms with Crippen molar-refractivity contribution in [2.75, 3.05) is 5.73 Å². The van der Waals surface area contributed by atoms with Gasteiger partial charge in [0.1, 0.15) is 0 Å². The van der Waals surface area contributed by atoms with E-state index in [4.69, 9.17) is 15.7 Å². The standard InChI is InChI=1S/C44H31N5/c45-36-27-39-34(30-17-9-3-10-18-30)25-41(48-39)40-23-32(28-13-5-1-6-14-28)37(46-40)21-22-38-33(29-15-7-2-8-16-29)24-42(47-38)43-26-35(44(36)49-43)31-19-11-4-12-20-31/h1-27,47-48H,45H2. The zero-order chi connectivity index (χ0) is 32.7. The molecule has 4 N–H and O–H groups in total. The predicted octanol–water partition coefficient (Wildman–Crippen LogP) is 10.4. The van der Waals surface area contributed by atoms with Crippen LogP contribution in [-0.4, -0.2) is 19.9 Å². The van der Waals surface area contributed by atoms with Gasteiger partial charge >= 0.3 is 0 Å². The van der Waals surface area contributed by atoms with Gasteiger partial charge in [0.2, 0.25) is 0 Å². The molecule has 0 aliphatic carbocycles. The minimum Gasteiger partial charge on any atom is -0.397 e. The number of H-pyrrole nitrogens is 2. The van der Waals surface area contributed by atoms with Gasteiger partial charge in [-0.05, 0) is 64.7 Å². The van der Waals surface area contributed by atoms with Crippen LogP contribution in [0.3, 0.4) is 0 Å². The first kappa shape index (κ1) is 28.5. The quantitative estimate of drug-likeness (QED) is 0.181. The van der Waals surface area contributed by atoms with E-state index in [0.717, 1.165) is 89.4 Å². The SMILES string of the molecule is Nc1cc2[nH]c(cc2-c2ccccc2)c2nc(ccc3[nH]c(cc3-c3ccccc3)c3nc1C(c1ccccc1)=C3)C(c1ccccc1)=C2. The summed E-state index contributed by atoms with van der Waals surface area (Å²) < 4.78 is 0. The number of benzene rings is 4. The molecule has 2 aliphatic heterocycles. The number of nitrogens with one attached hydrogen (secondary N) is 2. The molecule has 3 aromatic heterocycles. The normalized spacial score (nSPS) is 12.4. The Labute approximate surface area is 283 Å². The van der Waals surface area contributed by atoms with Crippen LogP contribution < -0.4 is 5.73 Å². The topological polar surface area (TPSA) is 83.4 Å². The van der Waals surface area contributed by atoms with Crippen LogP contribution in [0.5, 0.6) is 0 Å². The van der Waals surface area contributed by atoms with Crippen molar-refractivity contribution in [1.29, 1.82) is 0 Å². The second-order valence-electron chi connectivity index (χ2n) is 12.3. The second-order valence-corrected chi connectivity index (χ2v) is 12.3. The molecule has 5 nitrogen and oxygen atoms in total. The Morgan fingerprint density at radius 1 is 0.408 bits per heavy atom. The van der Waals surface area contributed by atoms with E-state index < -0.39 is 0 Å². The summed E-state index contributed by atoms with van der Waals surface area (Å²) in [6, 6.07) is 52.1. The van der Waals surface area contributed by atoms with E-state index in [9.17, 15) is 0 Å². The molecule has 0 radical (unpaired) electrons. The monoisotopic (exact) mass is 629 g/mol. The van der Waals surface area contributed by atoms with Crippen LogP contribution in [0.2, 0.25) is 0 Å². The zero-order valence-electron chi connectivity index (χ0n) is 26.6. The van der Waals surface area contributed by atoms with Gasteiger partial charge < -0.3 is 15.7 Å².